The molecule has 6 rings (SSSR count). The Morgan fingerprint density at radius 2 is 2.10 bits per heavy atom. The van der Waals surface area contributed by atoms with Crippen molar-refractivity contribution in [3.05, 3.63) is 44.8 Å². The number of hydrogen-bond donors (Lipinski definition) is 1. The highest BCUT2D eigenvalue weighted by molar-refractivity contribution is 7.98. The molecule has 3 aromatic heterocycles. The van der Waals surface area contributed by atoms with Gasteiger partial charge in [0.25, 0.3) is 10.8 Å². The molecule has 4 aromatic rings. The number of thiophene rings is 1. The highest BCUT2D eigenvalue weighted by Crippen LogP contribution is 2.37. The molecular formula is C19H14N4O4S2. The Morgan fingerprint density at radius 1 is 1.17 bits per heavy atom. The van der Waals surface area contributed by atoms with Crippen LogP contribution < -0.4 is 15.0 Å². The number of benzene rings is 1. The summed E-state index contributed by atoms with van der Waals surface area (Å²) in [5.74, 6) is 2.81. The summed E-state index contributed by atoms with van der Waals surface area (Å²) in [7, 11) is 0. The van der Waals surface area contributed by atoms with Gasteiger partial charge in [0.1, 0.15) is 10.7 Å². The number of nitrogens with zero attached hydrogens (tertiary/aromatic N) is 3. The van der Waals surface area contributed by atoms with Crippen molar-refractivity contribution >= 4 is 33.3 Å². The summed E-state index contributed by atoms with van der Waals surface area (Å²) >= 11 is 2.97. The summed E-state index contributed by atoms with van der Waals surface area (Å²) in [6.07, 6.45) is 3.14. The Bertz CT molecular complexity index is 1310. The minimum Gasteiger partial charge on any atom is -0.454 e. The lowest BCUT2D eigenvalue weighted by Crippen LogP contribution is -2.11. The van der Waals surface area contributed by atoms with Crippen LogP contribution in [0.1, 0.15) is 22.7 Å². The summed E-state index contributed by atoms with van der Waals surface area (Å²) in [6, 6.07) is 5.47. The Balaban J connectivity index is 1.22. The molecule has 29 heavy (non-hydrogen) atoms. The number of aromatic nitrogens is 4. The van der Waals surface area contributed by atoms with Crippen LogP contribution in [-0.4, -0.2) is 27.0 Å². The van der Waals surface area contributed by atoms with Crippen LogP contribution in [-0.2, 0) is 18.6 Å². The summed E-state index contributed by atoms with van der Waals surface area (Å²) in [5.41, 5.74) is 1.88. The number of aryl methyl sites for hydroxylation is 2. The first-order valence-corrected chi connectivity index (χ1v) is 10.9. The molecule has 2 aliphatic rings. The number of hydrogen-bond acceptors (Lipinski definition) is 9. The zero-order valence-corrected chi connectivity index (χ0v) is 16.7. The van der Waals surface area contributed by atoms with Crippen LogP contribution in [0.2, 0.25) is 0 Å². The Labute approximate surface area is 172 Å². The zero-order chi connectivity index (χ0) is 19.4. The van der Waals surface area contributed by atoms with Crippen molar-refractivity contribution in [1.29, 1.82) is 0 Å². The Morgan fingerprint density at radius 3 is 3.07 bits per heavy atom. The van der Waals surface area contributed by atoms with Gasteiger partial charge in [0.15, 0.2) is 11.5 Å². The van der Waals surface area contributed by atoms with Gasteiger partial charge in [-0.25, -0.2) is 4.98 Å². The first-order chi connectivity index (χ1) is 14.2. The maximum Gasteiger partial charge on any atom is 0.277 e. The fourth-order valence-corrected chi connectivity index (χ4v) is 5.57. The molecular weight excluding hydrogens is 412 g/mol. The molecule has 0 radical (unpaired) electrons. The van der Waals surface area contributed by atoms with Crippen molar-refractivity contribution in [2.24, 2.45) is 0 Å². The molecule has 1 aromatic carbocycles. The molecule has 0 saturated carbocycles. The number of ether oxygens (including phenoxy) is 2. The molecule has 0 fully saturated rings. The summed E-state index contributed by atoms with van der Waals surface area (Å²) in [5, 5.41) is 9.36. The van der Waals surface area contributed by atoms with Crippen molar-refractivity contribution in [2.45, 2.75) is 30.2 Å². The quantitative estimate of drug-likeness (QED) is 0.494. The third-order valence-electron chi connectivity index (χ3n) is 4.98. The molecule has 1 N–H and O–H groups in total. The summed E-state index contributed by atoms with van der Waals surface area (Å²) in [4.78, 5) is 22.2. The number of fused-ring (bicyclic) bond motifs is 4. The van der Waals surface area contributed by atoms with Gasteiger partial charge >= 0.3 is 0 Å². The van der Waals surface area contributed by atoms with Crippen LogP contribution in [0.25, 0.3) is 21.7 Å². The van der Waals surface area contributed by atoms with Gasteiger partial charge in [-0.05, 0) is 43.0 Å². The van der Waals surface area contributed by atoms with E-state index in [0.717, 1.165) is 35.0 Å². The van der Waals surface area contributed by atoms with Gasteiger partial charge < -0.3 is 18.9 Å². The fourth-order valence-electron chi connectivity index (χ4n) is 3.66. The van der Waals surface area contributed by atoms with Crippen LogP contribution in [0.3, 0.4) is 0 Å². The first-order valence-electron chi connectivity index (χ1n) is 9.14. The van der Waals surface area contributed by atoms with Gasteiger partial charge in [-0.1, -0.05) is 11.8 Å². The van der Waals surface area contributed by atoms with E-state index in [2.05, 4.69) is 20.2 Å². The largest absolute Gasteiger partial charge is 0.454 e. The molecule has 8 nitrogen and oxygen atoms in total. The van der Waals surface area contributed by atoms with Gasteiger partial charge in [0, 0.05) is 10.4 Å². The smallest absolute Gasteiger partial charge is 0.277 e. The minimum atomic E-state index is -0.0587. The van der Waals surface area contributed by atoms with Crippen molar-refractivity contribution in [2.75, 3.05) is 6.79 Å². The van der Waals surface area contributed by atoms with E-state index in [0.29, 0.717) is 34.2 Å². The lowest BCUT2D eigenvalue weighted by Gasteiger charge is -2.00. The standard InChI is InChI=1S/C19H14N4O4S2/c24-16-15-10-2-1-3-13(10)29-18(15)21-14(20-16)7-28-19-23-22-17(27-19)9-4-5-11-12(6-9)26-8-25-11/h4-6H,1-3,7-8H2,(H,20,21,24). The van der Waals surface area contributed by atoms with Crippen LogP contribution in [0, 0.1) is 0 Å². The maximum absolute atomic E-state index is 12.5. The average molecular weight is 426 g/mol. The molecule has 10 heteroatoms. The molecule has 1 aliphatic heterocycles. The normalized spacial score (nSPS) is 14.6. The minimum absolute atomic E-state index is 0.0587. The van der Waals surface area contributed by atoms with E-state index in [1.54, 1.807) is 11.3 Å². The van der Waals surface area contributed by atoms with E-state index in [1.165, 1.54) is 22.2 Å². The lowest BCUT2D eigenvalue weighted by molar-refractivity contribution is 0.174. The van der Waals surface area contributed by atoms with E-state index in [1.807, 2.05) is 18.2 Å². The third kappa shape index (κ3) is 2.90. The number of H-pyrrole nitrogens is 1. The molecule has 0 amide bonds. The molecule has 146 valence electrons. The van der Waals surface area contributed by atoms with Crippen LogP contribution in [0.5, 0.6) is 11.5 Å². The van der Waals surface area contributed by atoms with E-state index in [9.17, 15) is 4.79 Å². The van der Waals surface area contributed by atoms with Crippen molar-refractivity contribution in [1.82, 2.24) is 20.2 Å². The van der Waals surface area contributed by atoms with Gasteiger partial charge in [0.05, 0.1) is 11.1 Å². The number of rotatable bonds is 4. The van der Waals surface area contributed by atoms with Gasteiger partial charge in [-0.15, -0.1) is 21.5 Å². The molecule has 1 aliphatic carbocycles. The average Bonchev–Trinajstić information content (AvgIpc) is 3.48. The topological polar surface area (TPSA) is 103 Å². The zero-order valence-electron chi connectivity index (χ0n) is 15.1. The molecule has 0 atom stereocenters. The molecule has 4 heterocycles. The Kier molecular flexibility index (Phi) is 3.88. The number of aromatic amines is 1. The Hall–Kier alpha value is -2.85. The third-order valence-corrected chi connectivity index (χ3v) is 7.00. The second-order valence-corrected chi connectivity index (χ2v) is 8.79. The van der Waals surface area contributed by atoms with Crippen LogP contribution in [0.4, 0.5) is 0 Å². The first kappa shape index (κ1) is 17.0. The van der Waals surface area contributed by atoms with Gasteiger partial charge in [-0.2, -0.15) is 0 Å². The predicted molar refractivity (Wildman–Crippen MR) is 108 cm³/mol. The lowest BCUT2D eigenvalue weighted by atomic mass is 10.2. The van der Waals surface area contributed by atoms with Crippen molar-refractivity contribution in [3.63, 3.8) is 0 Å². The fraction of sp³-hybridized carbons (Fsp3) is 0.263. The number of thioether (sulfide) groups is 1. The van der Waals surface area contributed by atoms with E-state index >= 15 is 0 Å². The second-order valence-electron chi connectivity index (χ2n) is 6.78. The number of nitrogens with one attached hydrogen (secondary N) is 1. The van der Waals surface area contributed by atoms with Gasteiger partial charge in [-0.3, -0.25) is 4.79 Å². The molecule has 0 bridgehead atoms. The predicted octanol–water partition coefficient (Wildman–Crippen LogP) is 3.54. The summed E-state index contributed by atoms with van der Waals surface area (Å²) < 4.78 is 16.4. The van der Waals surface area contributed by atoms with Crippen molar-refractivity contribution in [3.8, 4) is 23.0 Å². The highest BCUT2D eigenvalue weighted by atomic mass is 32.2. The van der Waals surface area contributed by atoms with Crippen LogP contribution >= 0.6 is 23.1 Å². The highest BCUT2D eigenvalue weighted by Gasteiger charge is 2.21. The molecule has 0 saturated heterocycles. The van der Waals surface area contributed by atoms with Crippen molar-refractivity contribution < 1.29 is 13.9 Å². The maximum atomic E-state index is 12.5. The van der Waals surface area contributed by atoms with E-state index in [-0.39, 0.29) is 12.4 Å². The second kappa shape index (κ2) is 6.60. The molecule has 0 spiro atoms. The molecule has 0 unspecified atom stereocenters. The van der Waals surface area contributed by atoms with Gasteiger partial charge in [0.2, 0.25) is 12.7 Å². The van der Waals surface area contributed by atoms with E-state index in [4.69, 9.17) is 13.9 Å². The van der Waals surface area contributed by atoms with Crippen LogP contribution in [0.15, 0.2) is 32.6 Å². The summed E-state index contributed by atoms with van der Waals surface area (Å²) in [6.45, 7) is 0.215. The SMILES string of the molecule is O=c1[nH]c(CSc2nnc(-c3ccc4c(c3)OCO4)o2)nc2sc3c(c12)CCC3. The van der Waals surface area contributed by atoms with E-state index < -0.39 is 0 Å². The monoisotopic (exact) mass is 426 g/mol.